The first-order valence-corrected chi connectivity index (χ1v) is 8.56. The predicted octanol–water partition coefficient (Wildman–Crippen LogP) is 0.864. The third kappa shape index (κ3) is 4.64. The van der Waals surface area contributed by atoms with Crippen molar-refractivity contribution in [2.45, 2.75) is 33.7 Å². The Morgan fingerprint density at radius 2 is 1.96 bits per heavy atom. The Morgan fingerprint density at radius 3 is 2.64 bits per heavy atom. The largest absolute Gasteiger partial charge is 0.340 e. The van der Waals surface area contributed by atoms with E-state index in [1.807, 2.05) is 13.8 Å². The molecule has 0 aliphatic carbocycles. The number of aryl methyl sites for hydroxylation is 3. The molecule has 0 atom stereocenters. The standard InChI is InChI=1S/C16H25N7O2/c1-11-16(12(2)20-19-11)18-15(24)10-23-6-4-5-22(7-8-23)9-14-17-13(3)25-21-14/h4-10H2,1-3H3,(H,18,24)(H,19,20). The number of carbonyl (C=O) groups is 1. The molecule has 3 heterocycles. The van der Waals surface area contributed by atoms with E-state index in [1.165, 1.54) is 0 Å². The molecule has 3 rings (SSSR count). The predicted molar refractivity (Wildman–Crippen MR) is 92.1 cm³/mol. The van der Waals surface area contributed by atoms with Crippen molar-refractivity contribution in [2.75, 3.05) is 38.0 Å². The number of aromatic nitrogens is 4. The summed E-state index contributed by atoms with van der Waals surface area (Å²) in [5.74, 6) is 1.30. The number of anilines is 1. The molecule has 0 aromatic carbocycles. The molecule has 1 aliphatic heterocycles. The number of amides is 1. The molecule has 9 heteroatoms. The highest BCUT2D eigenvalue weighted by Gasteiger charge is 2.19. The molecule has 2 aromatic rings. The Hall–Kier alpha value is -2.26. The fraction of sp³-hybridized carbons (Fsp3) is 0.625. The highest BCUT2D eigenvalue weighted by Crippen LogP contribution is 2.16. The summed E-state index contributed by atoms with van der Waals surface area (Å²) in [7, 11) is 0. The summed E-state index contributed by atoms with van der Waals surface area (Å²) in [4.78, 5) is 21.1. The Kier molecular flexibility index (Phi) is 5.44. The van der Waals surface area contributed by atoms with Gasteiger partial charge in [0.15, 0.2) is 5.82 Å². The Morgan fingerprint density at radius 1 is 1.20 bits per heavy atom. The van der Waals surface area contributed by atoms with Crippen LogP contribution in [0.3, 0.4) is 0 Å². The van der Waals surface area contributed by atoms with E-state index in [4.69, 9.17) is 4.52 Å². The maximum absolute atomic E-state index is 12.3. The van der Waals surface area contributed by atoms with Crippen LogP contribution in [0.1, 0.15) is 29.5 Å². The summed E-state index contributed by atoms with van der Waals surface area (Å²) in [6.45, 7) is 10.2. The summed E-state index contributed by atoms with van der Waals surface area (Å²) >= 11 is 0. The van der Waals surface area contributed by atoms with Gasteiger partial charge in [0.1, 0.15) is 0 Å². The third-order valence-electron chi connectivity index (χ3n) is 4.38. The van der Waals surface area contributed by atoms with Gasteiger partial charge < -0.3 is 9.84 Å². The van der Waals surface area contributed by atoms with Gasteiger partial charge in [0.05, 0.1) is 30.2 Å². The lowest BCUT2D eigenvalue weighted by atomic mass is 10.3. The van der Waals surface area contributed by atoms with Gasteiger partial charge in [-0.1, -0.05) is 5.16 Å². The van der Waals surface area contributed by atoms with Gasteiger partial charge in [-0.25, -0.2) is 0 Å². The van der Waals surface area contributed by atoms with E-state index < -0.39 is 0 Å². The number of rotatable bonds is 5. The van der Waals surface area contributed by atoms with Gasteiger partial charge >= 0.3 is 0 Å². The molecule has 0 bridgehead atoms. The monoisotopic (exact) mass is 347 g/mol. The average molecular weight is 347 g/mol. The highest BCUT2D eigenvalue weighted by atomic mass is 16.5. The van der Waals surface area contributed by atoms with Crippen molar-refractivity contribution < 1.29 is 9.32 Å². The maximum Gasteiger partial charge on any atom is 0.238 e. The first-order chi connectivity index (χ1) is 12.0. The minimum Gasteiger partial charge on any atom is -0.340 e. The lowest BCUT2D eigenvalue weighted by molar-refractivity contribution is -0.117. The number of H-pyrrole nitrogens is 1. The van der Waals surface area contributed by atoms with Crippen LogP contribution in [-0.4, -0.2) is 68.8 Å². The summed E-state index contributed by atoms with van der Waals surface area (Å²) < 4.78 is 5.02. The maximum atomic E-state index is 12.3. The Balaban J connectivity index is 1.48. The van der Waals surface area contributed by atoms with Crippen LogP contribution in [0.5, 0.6) is 0 Å². The summed E-state index contributed by atoms with van der Waals surface area (Å²) in [6.07, 6.45) is 1.01. The fourth-order valence-electron chi connectivity index (χ4n) is 3.06. The molecular weight excluding hydrogens is 322 g/mol. The number of hydrogen-bond donors (Lipinski definition) is 2. The second kappa shape index (κ2) is 7.75. The van der Waals surface area contributed by atoms with Gasteiger partial charge in [-0.2, -0.15) is 10.1 Å². The van der Waals surface area contributed by atoms with Crippen molar-refractivity contribution in [3.63, 3.8) is 0 Å². The van der Waals surface area contributed by atoms with Crippen molar-refractivity contribution in [1.82, 2.24) is 30.1 Å². The number of aromatic amines is 1. The topological polar surface area (TPSA) is 103 Å². The van der Waals surface area contributed by atoms with E-state index in [-0.39, 0.29) is 5.91 Å². The number of nitrogens with zero attached hydrogens (tertiary/aromatic N) is 5. The zero-order valence-corrected chi connectivity index (χ0v) is 15.0. The lowest BCUT2D eigenvalue weighted by Gasteiger charge is -2.20. The van der Waals surface area contributed by atoms with E-state index >= 15 is 0 Å². The second-order valence-electron chi connectivity index (χ2n) is 6.49. The first kappa shape index (κ1) is 17.6. The molecule has 0 saturated carbocycles. The third-order valence-corrected chi connectivity index (χ3v) is 4.38. The molecule has 1 amide bonds. The average Bonchev–Trinajstić information content (AvgIpc) is 3.02. The van der Waals surface area contributed by atoms with Gasteiger partial charge in [0.2, 0.25) is 11.8 Å². The summed E-state index contributed by atoms with van der Waals surface area (Å²) in [5.41, 5.74) is 2.47. The van der Waals surface area contributed by atoms with E-state index in [2.05, 4.69) is 35.5 Å². The number of carbonyl (C=O) groups excluding carboxylic acids is 1. The molecule has 2 aromatic heterocycles. The van der Waals surface area contributed by atoms with Crippen LogP contribution in [0.15, 0.2) is 4.52 Å². The summed E-state index contributed by atoms with van der Waals surface area (Å²) in [5, 5.41) is 13.9. The normalized spacial score (nSPS) is 16.8. The van der Waals surface area contributed by atoms with Gasteiger partial charge in [0.25, 0.3) is 0 Å². The molecule has 1 saturated heterocycles. The van der Waals surface area contributed by atoms with Gasteiger partial charge in [-0.15, -0.1) is 0 Å². The van der Waals surface area contributed by atoms with Gasteiger partial charge in [-0.05, 0) is 33.4 Å². The van der Waals surface area contributed by atoms with Crippen LogP contribution < -0.4 is 5.32 Å². The highest BCUT2D eigenvalue weighted by molar-refractivity contribution is 5.93. The van der Waals surface area contributed by atoms with Gasteiger partial charge in [-0.3, -0.25) is 19.7 Å². The quantitative estimate of drug-likeness (QED) is 0.827. The summed E-state index contributed by atoms with van der Waals surface area (Å²) in [6, 6.07) is 0. The van der Waals surface area contributed by atoms with Crippen LogP contribution in [0.25, 0.3) is 0 Å². The van der Waals surface area contributed by atoms with Crippen molar-refractivity contribution in [3.8, 4) is 0 Å². The van der Waals surface area contributed by atoms with Crippen molar-refractivity contribution in [2.24, 2.45) is 0 Å². The molecule has 1 aliphatic rings. The van der Waals surface area contributed by atoms with E-state index in [0.717, 1.165) is 55.5 Å². The SMILES string of the molecule is Cc1nc(CN2CCCN(CC(=O)Nc3c(C)n[nH]c3C)CC2)no1. The lowest BCUT2D eigenvalue weighted by Crippen LogP contribution is -2.36. The van der Waals surface area contributed by atoms with Crippen molar-refractivity contribution >= 4 is 11.6 Å². The van der Waals surface area contributed by atoms with Crippen LogP contribution in [-0.2, 0) is 11.3 Å². The molecule has 9 nitrogen and oxygen atoms in total. The molecule has 136 valence electrons. The first-order valence-electron chi connectivity index (χ1n) is 8.56. The molecule has 1 fully saturated rings. The van der Waals surface area contributed by atoms with Crippen molar-refractivity contribution in [1.29, 1.82) is 0 Å². The van der Waals surface area contributed by atoms with Gasteiger partial charge in [0, 0.05) is 20.0 Å². The van der Waals surface area contributed by atoms with E-state index in [0.29, 0.717) is 19.0 Å². The zero-order valence-electron chi connectivity index (χ0n) is 15.0. The van der Waals surface area contributed by atoms with Crippen molar-refractivity contribution in [3.05, 3.63) is 23.1 Å². The number of nitrogens with one attached hydrogen (secondary N) is 2. The van der Waals surface area contributed by atoms with E-state index in [9.17, 15) is 4.79 Å². The molecule has 2 N–H and O–H groups in total. The fourth-order valence-corrected chi connectivity index (χ4v) is 3.06. The minimum absolute atomic E-state index is 0.00478. The number of hydrogen-bond acceptors (Lipinski definition) is 7. The smallest absolute Gasteiger partial charge is 0.238 e. The van der Waals surface area contributed by atoms with E-state index in [1.54, 1.807) is 6.92 Å². The minimum atomic E-state index is -0.00478. The van der Waals surface area contributed by atoms with Crippen LogP contribution >= 0.6 is 0 Å². The van der Waals surface area contributed by atoms with Crippen LogP contribution in [0.4, 0.5) is 5.69 Å². The van der Waals surface area contributed by atoms with Crippen LogP contribution in [0.2, 0.25) is 0 Å². The molecular formula is C16H25N7O2. The molecule has 0 radical (unpaired) electrons. The molecule has 25 heavy (non-hydrogen) atoms. The zero-order chi connectivity index (χ0) is 17.8. The Labute approximate surface area is 146 Å². The molecule has 0 spiro atoms. The Bertz CT molecular complexity index is 704. The molecule has 0 unspecified atom stereocenters. The second-order valence-corrected chi connectivity index (χ2v) is 6.49. The van der Waals surface area contributed by atoms with Crippen LogP contribution in [0, 0.1) is 20.8 Å².